The molecule has 2 rings (SSSR count). The number of hydrogen-bond acceptors (Lipinski definition) is 5. The van der Waals surface area contributed by atoms with Crippen LogP contribution in [-0.4, -0.2) is 38.3 Å². The molecule has 0 bridgehead atoms. The van der Waals surface area contributed by atoms with E-state index < -0.39 is 6.04 Å². The highest BCUT2D eigenvalue weighted by Crippen LogP contribution is 2.27. The zero-order chi connectivity index (χ0) is 14.5. The molecule has 1 unspecified atom stereocenters. The number of nitrogen functional groups attached to an aromatic ring is 1. The number of carbonyl (C=O) groups excluding carboxylic acids is 1. The second kappa shape index (κ2) is 6.26. The topological polar surface area (TPSA) is 91.4 Å². The maximum absolute atomic E-state index is 12.1. The fourth-order valence-electron chi connectivity index (χ4n) is 2.26. The van der Waals surface area contributed by atoms with Gasteiger partial charge in [0.1, 0.15) is 6.04 Å². The van der Waals surface area contributed by atoms with Crippen molar-refractivity contribution in [2.24, 2.45) is 0 Å². The van der Waals surface area contributed by atoms with Crippen LogP contribution < -0.4 is 16.0 Å². The molecule has 1 atom stereocenters. The van der Waals surface area contributed by atoms with Gasteiger partial charge < -0.3 is 20.7 Å². The third-order valence-corrected chi connectivity index (χ3v) is 3.25. The predicted molar refractivity (Wildman–Crippen MR) is 76.2 cm³/mol. The van der Waals surface area contributed by atoms with Crippen molar-refractivity contribution in [3.8, 4) is 6.07 Å². The van der Waals surface area contributed by atoms with Crippen LogP contribution in [0.25, 0.3) is 0 Å². The van der Waals surface area contributed by atoms with Crippen molar-refractivity contribution in [2.45, 2.75) is 13.0 Å². The number of nitrogens with zero attached hydrogens (tertiary/aromatic N) is 2. The summed E-state index contributed by atoms with van der Waals surface area (Å²) in [5.74, 6) is -0.0889. The molecule has 1 fully saturated rings. The van der Waals surface area contributed by atoms with E-state index in [0.29, 0.717) is 43.2 Å². The van der Waals surface area contributed by atoms with E-state index in [4.69, 9.17) is 15.7 Å². The van der Waals surface area contributed by atoms with Gasteiger partial charge in [-0.15, -0.1) is 0 Å². The van der Waals surface area contributed by atoms with E-state index in [9.17, 15) is 4.79 Å². The van der Waals surface area contributed by atoms with E-state index in [2.05, 4.69) is 11.4 Å². The summed E-state index contributed by atoms with van der Waals surface area (Å²) in [5.41, 5.74) is 7.78. The van der Waals surface area contributed by atoms with Gasteiger partial charge in [-0.1, -0.05) is 0 Å². The number of nitrogens with one attached hydrogen (secondary N) is 1. The third-order valence-electron chi connectivity index (χ3n) is 3.25. The Bertz CT molecular complexity index is 538. The van der Waals surface area contributed by atoms with Crippen LogP contribution in [-0.2, 0) is 9.53 Å². The van der Waals surface area contributed by atoms with E-state index in [1.165, 1.54) is 0 Å². The Labute approximate surface area is 118 Å². The van der Waals surface area contributed by atoms with E-state index in [-0.39, 0.29) is 5.91 Å². The molecule has 0 aliphatic carbocycles. The van der Waals surface area contributed by atoms with Crippen LogP contribution in [0.4, 0.5) is 11.4 Å². The van der Waals surface area contributed by atoms with Gasteiger partial charge in [-0.05, 0) is 25.1 Å². The van der Waals surface area contributed by atoms with Crippen molar-refractivity contribution < 1.29 is 9.53 Å². The summed E-state index contributed by atoms with van der Waals surface area (Å²) in [6.45, 7) is 3.86. The molecule has 1 aliphatic rings. The van der Waals surface area contributed by atoms with Gasteiger partial charge in [-0.2, -0.15) is 5.26 Å². The second-order valence-electron chi connectivity index (χ2n) is 4.56. The monoisotopic (exact) mass is 274 g/mol. The summed E-state index contributed by atoms with van der Waals surface area (Å²) >= 11 is 0. The van der Waals surface area contributed by atoms with E-state index in [1.54, 1.807) is 18.2 Å². The number of rotatable bonds is 3. The number of anilines is 2. The summed E-state index contributed by atoms with van der Waals surface area (Å²) in [7, 11) is 0. The van der Waals surface area contributed by atoms with Crippen LogP contribution in [0.15, 0.2) is 18.2 Å². The Morgan fingerprint density at radius 2 is 2.45 bits per heavy atom. The second-order valence-corrected chi connectivity index (χ2v) is 4.56. The molecule has 1 aliphatic heterocycles. The summed E-state index contributed by atoms with van der Waals surface area (Å²) in [4.78, 5) is 14.0. The number of ether oxygens (including phenoxy) is 1. The lowest BCUT2D eigenvalue weighted by Gasteiger charge is -2.36. The summed E-state index contributed by atoms with van der Waals surface area (Å²) in [6, 6.07) is 6.75. The van der Waals surface area contributed by atoms with Crippen molar-refractivity contribution in [1.29, 1.82) is 5.26 Å². The van der Waals surface area contributed by atoms with Gasteiger partial charge in [-0.3, -0.25) is 4.79 Å². The first-order valence-corrected chi connectivity index (χ1v) is 6.59. The van der Waals surface area contributed by atoms with Gasteiger partial charge in [-0.25, -0.2) is 0 Å². The molecule has 1 heterocycles. The molecule has 0 radical (unpaired) electrons. The lowest BCUT2D eigenvalue weighted by Crippen LogP contribution is -2.54. The molecule has 1 aromatic rings. The molecule has 1 saturated heterocycles. The van der Waals surface area contributed by atoms with Gasteiger partial charge in [0, 0.05) is 13.1 Å². The number of nitrogens with two attached hydrogens (primary N) is 1. The van der Waals surface area contributed by atoms with Crippen molar-refractivity contribution in [1.82, 2.24) is 5.32 Å². The number of carbonyl (C=O) groups is 1. The van der Waals surface area contributed by atoms with Crippen LogP contribution in [0, 0.1) is 11.3 Å². The maximum Gasteiger partial charge on any atom is 0.245 e. The number of morpholine rings is 1. The van der Waals surface area contributed by atoms with Gasteiger partial charge in [0.05, 0.1) is 36.2 Å². The van der Waals surface area contributed by atoms with E-state index in [0.717, 1.165) is 0 Å². The van der Waals surface area contributed by atoms with Crippen molar-refractivity contribution >= 4 is 17.3 Å². The quantitative estimate of drug-likeness (QED) is 0.782. The first kappa shape index (κ1) is 14.2. The zero-order valence-corrected chi connectivity index (χ0v) is 11.4. The molecule has 1 aromatic carbocycles. The molecule has 3 N–H and O–H groups in total. The highest BCUT2D eigenvalue weighted by molar-refractivity contribution is 5.87. The number of hydrogen-bond donors (Lipinski definition) is 2. The lowest BCUT2D eigenvalue weighted by atomic mass is 10.1. The fraction of sp³-hybridized carbons (Fsp3) is 0.429. The van der Waals surface area contributed by atoms with Crippen molar-refractivity contribution in [3.05, 3.63) is 23.8 Å². The van der Waals surface area contributed by atoms with Crippen LogP contribution >= 0.6 is 0 Å². The third kappa shape index (κ3) is 2.83. The molecular weight excluding hydrogens is 256 g/mol. The zero-order valence-electron chi connectivity index (χ0n) is 11.4. The number of amides is 1. The Hall–Kier alpha value is -2.26. The SMILES string of the molecule is CCNC(=O)C1COCCN1c1cc(C#N)ccc1N. The summed E-state index contributed by atoms with van der Waals surface area (Å²) < 4.78 is 5.39. The molecule has 0 saturated carbocycles. The highest BCUT2D eigenvalue weighted by Gasteiger charge is 2.30. The molecular formula is C14H18N4O2. The summed E-state index contributed by atoms with van der Waals surface area (Å²) in [5, 5.41) is 11.8. The average Bonchev–Trinajstić information content (AvgIpc) is 2.48. The Kier molecular flexibility index (Phi) is 4.43. The van der Waals surface area contributed by atoms with Crippen LogP contribution in [0.2, 0.25) is 0 Å². The largest absolute Gasteiger partial charge is 0.397 e. The number of likely N-dealkylation sites (N-methyl/N-ethyl adjacent to an activating group) is 1. The molecule has 106 valence electrons. The van der Waals surface area contributed by atoms with Crippen molar-refractivity contribution in [2.75, 3.05) is 36.9 Å². The molecule has 0 spiro atoms. The molecule has 6 heteroatoms. The van der Waals surface area contributed by atoms with Gasteiger partial charge in [0.15, 0.2) is 0 Å². The fourth-order valence-corrected chi connectivity index (χ4v) is 2.26. The minimum Gasteiger partial charge on any atom is -0.397 e. The minimum absolute atomic E-state index is 0.0889. The van der Waals surface area contributed by atoms with E-state index in [1.807, 2.05) is 11.8 Å². The Morgan fingerprint density at radius 1 is 1.65 bits per heavy atom. The smallest absolute Gasteiger partial charge is 0.245 e. The molecule has 0 aromatic heterocycles. The highest BCUT2D eigenvalue weighted by atomic mass is 16.5. The van der Waals surface area contributed by atoms with Crippen LogP contribution in [0.1, 0.15) is 12.5 Å². The Morgan fingerprint density at radius 3 is 3.15 bits per heavy atom. The number of nitriles is 1. The Balaban J connectivity index is 2.32. The van der Waals surface area contributed by atoms with Gasteiger partial charge >= 0.3 is 0 Å². The first-order valence-electron chi connectivity index (χ1n) is 6.59. The van der Waals surface area contributed by atoms with Crippen LogP contribution in [0.5, 0.6) is 0 Å². The van der Waals surface area contributed by atoms with Crippen LogP contribution in [0.3, 0.4) is 0 Å². The minimum atomic E-state index is -0.417. The van der Waals surface area contributed by atoms with E-state index >= 15 is 0 Å². The average molecular weight is 274 g/mol. The first-order chi connectivity index (χ1) is 9.67. The predicted octanol–water partition coefficient (Wildman–Crippen LogP) is 0.482. The van der Waals surface area contributed by atoms with Gasteiger partial charge in [0.2, 0.25) is 5.91 Å². The summed E-state index contributed by atoms with van der Waals surface area (Å²) in [6.07, 6.45) is 0. The maximum atomic E-state index is 12.1. The normalized spacial score (nSPS) is 18.4. The molecule has 20 heavy (non-hydrogen) atoms. The lowest BCUT2D eigenvalue weighted by molar-refractivity contribution is -0.124. The molecule has 6 nitrogen and oxygen atoms in total. The van der Waals surface area contributed by atoms with Gasteiger partial charge in [0.25, 0.3) is 0 Å². The number of benzene rings is 1. The standard InChI is InChI=1S/C14H18N4O2/c1-2-17-14(19)13-9-20-6-5-18(13)12-7-10(8-15)3-4-11(12)16/h3-4,7,13H,2,5-6,9,16H2,1H3,(H,17,19). The van der Waals surface area contributed by atoms with Crippen molar-refractivity contribution in [3.63, 3.8) is 0 Å². The molecule has 1 amide bonds.